The number of hydrogen-bond acceptors (Lipinski definition) is 5. The number of nitrogens with one attached hydrogen (secondary N) is 1. The second-order valence-electron chi connectivity index (χ2n) is 9.17. The third-order valence-electron chi connectivity index (χ3n) is 6.11. The molecule has 0 saturated heterocycles. The fourth-order valence-corrected chi connectivity index (χ4v) is 4.92. The van der Waals surface area contributed by atoms with Crippen LogP contribution >= 0.6 is 0 Å². The topological polar surface area (TPSA) is 107 Å². The summed E-state index contributed by atoms with van der Waals surface area (Å²) in [6.07, 6.45) is 3.32. The van der Waals surface area contributed by atoms with E-state index in [1.54, 1.807) is 0 Å². The first-order valence-electron chi connectivity index (χ1n) is 11.4. The van der Waals surface area contributed by atoms with E-state index in [4.69, 9.17) is 5.73 Å². The maximum atomic E-state index is 13.8. The lowest BCUT2D eigenvalue weighted by molar-refractivity contribution is 0.572. The Morgan fingerprint density at radius 3 is 2.33 bits per heavy atom. The molecule has 1 fully saturated rings. The van der Waals surface area contributed by atoms with Gasteiger partial charge in [-0.3, -0.25) is 14.1 Å². The first-order valence-corrected chi connectivity index (χ1v) is 13.3. The van der Waals surface area contributed by atoms with Crippen LogP contribution in [0.25, 0.3) is 16.6 Å². The number of sulfonamides is 1. The Labute approximate surface area is 206 Å². The van der Waals surface area contributed by atoms with Gasteiger partial charge in [-0.25, -0.2) is 22.2 Å². The Bertz CT molecular complexity index is 1610. The van der Waals surface area contributed by atoms with E-state index < -0.39 is 27.7 Å². The zero-order chi connectivity index (χ0) is 25.6. The van der Waals surface area contributed by atoms with Crippen molar-refractivity contribution in [3.05, 3.63) is 99.6 Å². The molecule has 7 nitrogen and oxygen atoms in total. The Balaban J connectivity index is 1.65. The zero-order valence-electron chi connectivity index (χ0n) is 19.4. The minimum atomic E-state index is -3.55. The summed E-state index contributed by atoms with van der Waals surface area (Å²) < 4.78 is 54.7. The Morgan fingerprint density at radius 1 is 1.06 bits per heavy atom. The maximum absolute atomic E-state index is 13.8. The van der Waals surface area contributed by atoms with Gasteiger partial charge in [0.2, 0.25) is 10.0 Å². The van der Waals surface area contributed by atoms with E-state index in [0.717, 1.165) is 25.2 Å². The third-order valence-corrected chi connectivity index (χ3v) is 6.71. The van der Waals surface area contributed by atoms with Crippen molar-refractivity contribution in [3.63, 3.8) is 0 Å². The van der Waals surface area contributed by atoms with Gasteiger partial charge >= 0.3 is 0 Å². The molecule has 5 rings (SSSR count). The van der Waals surface area contributed by atoms with Crippen molar-refractivity contribution in [1.82, 2.24) is 9.55 Å². The molecule has 1 aromatic heterocycles. The molecule has 0 unspecified atom stereocenters. The van der Waals surface area contributed by atoms with Crippen LogP contribution in [0.4, 0.5) is 14.5 Å². The van der Waals surface area contributed by atoms with Gasteiger partial charge in [0, 0.05) is 6.07 Å². The standard InChI is InChI=1S/C26H24F2N4O3S/c1-36(34,35)31-20-6-9-22-24(14-20)30-25(23(29)12-15-10-18(27)13-19(28)11-15)32(26(22)33)21-7-4-17(5-8-21)16-2-3-16/h4-11,13-14,16,23,31H,2-3,12,29H2,1H3/t23-/m0/s1. The zero-order valence-corrected chi connectivity index (χ0v) is 20.2. The minimum absolute atomic E-state index is 0.0219. The predicted molar refractivity (Wildman–Crippen MR) is 135 cm³/mol. The van der Waals surface area contributed by atoms with Crippen LogP contribution in [0.5, 0.6) is 0 Å². The van der Waals surface area contributed by atoms with E-state index in [1.807, 2.05) is 24.3 Å². The first kappa shape index (κ1) is 24.1. The van der Waals surface area contributed by atoms with Crippen molar-refractivity contribution < 1.29 is 17.2 Å². The van der Waals surface area contributed by atoms with Gasteiger partial charge in [-0.15, -0.1) is 0 Å². The number of rotatable bonds is 7. The van der Waals surface area contributed by atoms with E-state index in [9.17, 15) is 22.0 Å². The number of hydrogen-bond donors (Lipinski definition) is 2. The van der Waals surface area contributed by atoms with Gasteiger partial charge in [0.05, 0.1) is 34.6 Å². The smallest absolute Gasteiger partial charge is 0.266 e. The average Bonchev–Trinajstić information content (AvgIpc) is 3.63. The molecule has 10 heteroatoms. The van der Waals surface area contributed by atoms with Crippen molar-refractivity contribution in [2.75, 3.05) is 11.0 Å². The summed E-state index contributed by atoms with van der Waals surface area (Å²) in [5.74, 6) is -0.731. The monoisotopic (exact) mass is 510 g/mol. The molecular weight excluding hydrogens is 486 g/mol. The summed E-state index contributed by atoms with van der Waals surface area (Å²) in [5.41, 5.74) is 8.65. The van der Waals surface area contributed by atoms with Crippen molar-refractivity contribution in [1.29, 1.82) is 0 Å². The molecule has 4 aromatic rings. The lowest BCUT2D eigenvalue weighted by Crippen LogP contribution is -2.29. The summed E-state index contributed by atoms with van der Waals surface area (Å²) in [6, 6.07) is 14.3. The highest BCUT2D eigenvalue weighted by atomic mass is 32.2. The number of aromatic nitrogens is 2. The number of halogens is 2. The second kappa shape index (κ2) is 9.11. The second-order valence-corrected chi connectivity index (χ2v) is 10.9. The Hall–Kier alpha value is -3.63. The van der Waals surface area contributed by atoms with Crippen molar-refractivity contribution in [2.24, 2.45) is 5.73 Å². The van der Waals surface area contributed by atoms with Crippen LogP contribution in [0.2, 0.25) is 0 Å². The molecule has 1 saturated carbocycles. The highest BCUT2D eigenvalue weighted by molar-refractivity contribution is 7.92. The largest absolute Gasteiger partial charge is 0.321 e. The molecule has 0 aliphatic heterocycles. The normalized spacial score (nSPS) is 14.7. The number of benzene rings is 3. The average molecular weight is 511 g/mol. The lowest BCUT2D eigenvalue weighted by atomic mass is 10.0. The maximum Gasteiger partial charge on any atom is 0.266 e. The highest BCUT2D eigenvalue weighted by Gasteiger charge is 2.24. The summed E-state index contributed by atoms with van der Waals surface area (Å²) in [6.45, 7) is 0. The molecule has 1 atom stereocenters. The summed E-state index contributed by atoms with van der Waals surface area (Å²) in [4.78, 5) is 18.3. The fourth-order valence-electron chi connectivity index (χ4n) is 4.36. The van der Waals surface area contributed by atoms with Crippen LogP contribution < -0.4 is 16.0 Å². The van der Waals surface area contributed by atoms with Crippen LogP contribution in [0.15, 0.2) is 65.5 Å². The molecule has 0 radical (unpaired) electrons. The van der Waals surface area contributed by atoms with E-state index in [-0.39, 0.29) is 34.4 Å². The van der Waals surface area contributed by atoms with Crippen LogP contribution in [0, 0.1) is 11.6 Å². The van der Waals surface area contributed by atoms with Crippen molar-refractivity contribution in [2.45, 2.75) is 31.2 Å². The van der Waals surface area contributed by atoms with Gasteiger partial charge in [-0.1, -0.05) is 12.1 Å². The van der Waals surface area contributed by atoms with E-state index in [1.165, 1.54) is 40.5 Å². The molecule has 36 heavy (non-hydrogen) atoms. The molecule has 1 aliphatic carbocycles. The van der Waals surface area contributed by atoms with Gasteiger partial charge in [-0.2, -0.15) is 0 Å². The molecular formula is C26H24F2N4O3S. The van der Waals surface area contributed by atoms with Crippen LogP contribution in [-0.4, -0.2) is 24.2 Å². The number of fused-ring (bicyclic) bond motifs is 1. The molecule has 186 valence electrons. The van der Waals surface area contributed by atoms with E-state index in [0.29, 0.717) is 17.2 Å². The fraction of sp³-hybridized carbons (Fsp3) is 0.231. The molecule has 1 heterocycles. The summed E-state index contributed by atoms with van der Waals surface area (Å²) in [5, 5.41) is 0.271. The van der Waals surface area contributed by atoms with Gasteiger partial charge in [0.15, 0.2) is 0 Å². The van der Waals surface area contributed by atoms with E-state index >= 15 is 0 Å². The lowest BCUT2D eigenvalue weighted by Gasteiger charge is -2.19. The molecule has 1 aliphatic rings. The van der Waals surface area contributed by atoms with Crippen LogP contribution in [0.1, 0.15) is 41.8 Å². The molecule has 0 spiro atoms. The third kappa shape index (κ3) is 5.14. The van der Waals surface area contributed by atoms with Crippen molar-refractivity contribution in [3.8, 4) is 5.69 Å². The Kier molecular flexibility index (Phi) is 6.09. The minimum Gasteiger partial charge on any atom is -0.321 e. The summed E-state index contributed by atoms with van der Waals surface area (Å²) in [7, 11) is -3.55. The first-order chi connectivity index (χ1) is 17.1. The number of nitrogens with zero attached hydrogens (tertiary/aromatic N) is 2. The molecule has 0 bridgehead atoms. The van der Waals surface area contributed by atoms with Crippen molar-refractivity contribution >= 4 is 26.6 Å². The highest BCUT2D eigenvalue weighted by Crippen LogP contribution is 2.40. The Morgan fingerprint density at radius 2 is 1.72 bits per heavy atom. The number of anilines is 1. The van der Waals surface area contributed by atoms with Gasteiger partial charge < -0.3 is 5.73 Å². The summed E-state index contributed by atoms with van der Waals surface area (Å²) >= 11 is 0. The quantitative estimate of drug-likeness (QED) is 0.388. The van der Waals surface area contributed by atoms with Gasteiger partial charge in [0.1, 0.15) is 17.5 Å². The number of nitrogens with two attached hydrogens (primary N) is 1. The van der Waals surface area contributed by atoms with Crippen LogP contribution in [0.3, 0.4) is 0 Å². The van der Waals surface area contributed by atoms with Crippen LogP contribution in [-0.2, 0) is 16.4 Å². The molecule has 3 N–H and O–H groups in total. The van der Waals surface area contributed by atoms with Gasteiger partial charge in [0.25, 0.3) is 5.56 Å². The molecule has 0 amide bonds. The SMILES string of the molecule is CS(=O)(=O)Nc1ccc2c(=O)n(-c3ccc(C4CC4)cc3)c([C@@H](N)Cc3cc(F)cc(F)c3)nc2c1. The predicted octanol–water partition coefficient (Wildman–Crippen LogP) is 4.16. The molecule has 3 aromatic carbocycles. The van der Waals surface area contributed by atoms with Gasteiger partial charge in [-0.05, 0) is 78.8 Å². The van der Waals surface area contributed by atoms with E-state index in [2.05, 4.69) is 9.71 Å².